The first kappa shape index (κ1) is 18.4. The van der Waals surface area contributed by atoms with Crippen molar-refractivity contribution in [3.8, 4) is 0 Å². The molecule has 0 atom stereocenters. The van der Waals surface area contributed by atoms with Gasteiger partial charge in [0.2, 0.25) is 11.7 Å². The van der Waals surface area contributed by atoms with Crippen molar-refractivity contribution in [1.29, 1.82) is 0 Å². The number of carbonyl (C=O) groups is 1. The van der Waals surface area contributed by atoms with Gasteiger partial charge in [0.25, 0.3) is 0 Å². The second-order valence-electron chi connectivity index (χ2n) is 6.37. The molecule has 0 radical (unpaired) electrons. The Morgan fingerprint density at radius 2 is 1.92 bits per heavy atom. The van der Waals surface area contributed by atoms with Crippen LogP contribution >= 0.6 is 0 Å². The molecule has 7 nitrogen and oxygen atoms in total. The number of rotatable bonds is 4. The van der Waals surface area contributed by atoms with Gasteiger partial charge in [0.05, 0.1) is 12.2 Å². The Kier molecular flexibility index (Phi) is 4.76. The second kappa shape index (κ2) is 6.73. The maximum absolute atomic E-state index is 12.9. The highest BCUT2D eigenvalue weighted by atomic mass is 19.4. The van der Waals surface area contributed by atoms with E-state index in [1.54, 1.807) is 4.90 Å². The van der Waals surface area contributed by atoms with Gasteiger partial charge in [-0.2, -0.15) is 18.3 Å². The minimum atomic E-state index is -4.54. The molecule has 0 saturated heterocycles. The average molecular weight is 370 g/mol. The molecule has 0 aromatic carbocycles. The monoisotopic (exact) mass is 370 g/mol. The van der Waals surface area contributed by atoms with Crippen LogP contribution in [0.15, 0.2) is 0 Å². The largest absolute Gasteiger partial charge is 0.451 e. The molecule has 0 bridgehead atoms. The summed E-state index contributed by atoms with van der Waals surface area (Å²) in [6, 6.07) is 0. The number of aryl methyl sites for hydroxylation is 2. The third kappa shape index (κ3) is 3.32. The summed E-state index contributed by atoms with van der Waals surface area (Å²) in [6.45, 7) is 6.99. The number of carbonyl (C=O) groups excluding carboxylic acids is 1. The van der Waals surface area contributed by atoms with Gasteiger partial charge in [-0.25, -0.2) is 0 Å². The van der Waals surface area contributed by atoms with Crippen LogP contribution in [0.1, 0.15) is 41.9 Å². The van der Waals surface area contributed by atoms with Crippen molar-refractivity contribution in [3.05, 3.63) is 28.6 Å². The van der Waals surface area contributed by atoms with Crippen molar-refractivity contribution in [2.24, 2.45) is 0 Å². The van der Waals surface area contributed by atoms with Crippen LogP contribution in [0, 0.1) is 13.8 Å². The quantitative estimate of drug-likeness (QED) is 0.827. The van der Waals surface area contributed by atoms with Crippen molar-refractivity contribution in [2.75, 3.05) is 6.54 Å². The number of hydrogen-bond donors (Lipinski definition) is 0. The molecule has 142 valence electrons. The second-order valence-corrected chi connectivity index (χ2v) is 6.37. The van der Waals surface area contributed by atoms with Gasteiger partial charge in [-0.3, -0.25) is 9.48 Å². The van der Waals surface area contributed by atoms with E-state index >= 15 is 0 Å². The van der Waals surface area contributed by atoms with Crippen LogP contribution < -0.4 is 0 Å². The molecule has 0 spiro atoms. The third-order valence-corrected chi connectivity index (χ3v) is 4.78. The molecule has 0 fully saturated rings. The number of halogens is 3. The van der Waals surface area contributed by atoms with Crippen molar-refractivity contribution < 1.29 is 18.0 Å². The lowest BCUT2D eigenvalue weighted by atomic mass is 10.1. The lowest BCUT2D eigenvalue weighted by Gasteiger charge is -2.28. The van der Waals surface area contributed by atoms with Gasteiger partial charge in [-0.05, 0) is 32.8 Å². The number of fused-ring (bicyclic) bond motifs is 1. The molecular formula is C16H21F3N6O. The highest BCUT2D eigenvalue weighted by molar-refractivity contribution is 5.76. The third-order valence-electron chi connectivity index (χ3n) is 4.78. The van der Waals surface area contributed by atoms with E-state index in [1.807, 2.05) is 25.5 Å². The first-order valence-electron chi connectivity index (χ1n) is 8.52. The number of hydrogen-bond acceptors (Lipinski definition) is 4. The fourth-order valence-corrected chi connectivity index (χ4v) is 3.37. The fourth-order valence-electron chi connectivity index (χ4n) is 3.37. The minimum Gasteiger partial charge on any atom is -0.333 e. The lowest BCUT2D eigenvalue weighted by Crippen LogP contribution is -2.39. The molecule has 1 amide bonds. The fraction of sp³-hybridized carbons (Fsp3) is 0.625. The zero-order valence-corrected chi connectivity index (χ0v) is 15.0. The molecule has 0 N–H and O–H groups in total. The Morgan fingerprint density at radius 1 is 1.19 bits per heavy atom. The first-order chi connectivity index (χ1) is 12.2. The summed E-state index contributed by atoms with van der Waals surface area (Å²) in [7, 11) is 0. The molecule has 0 unspecified atom stereocenters. The topological polar surface area (TPSA) is 68.8 Å². The van der Waals surface area contributed by atoms with Crippen molar-refractivity contribution >= 4 is 5.91 Å². The molecule has 0 aliphatic carbocycles. The highest BCUT2D eigenvalue weighted by Crippen LogP contribution is 2.29. The van der Waals surface area contributed by atoms with Gasteiger partial charge >= 0.3 is 6.18 Å². The van der Waals surface area contributed by atoms with Crippen LogP contribution in [0.25, 0.3) is 0 Å². The van der Waals surface area contributed by atoms with Gasteiger partial charge in [0.1, 0.15) is 0 Å². The van der Waals surface area contributed by atoms with Crippen LogP contribution in [-0.4, -0.2) is 41.9 Å². The zero-order chi connectivity index (χ0) is 19.1. The molecule has 3 rings (SSSR count). The number of nitrogens with zero attached hydrogens (tertiary/aromatic N) is 6. The average Bonchev–Trinajstić information content (AvgIpc) is 3.13. The predicted molar refractivity (Wildman–Crippen MR) is 86.1 cm³/mol. The Morgan fingerprint density at radius 3 is 2.54 bits per heavy atom. The van der Waals surface area contributed by atoms with E-state index in [4.69, 9.17) is 0 Å². The van der Waals surface area contributed by atoms with Crippen molar-refractivity contribution in [2.45, 2.75) is 59.4 Å². The number of amides is 1. The van der Waals surface area contributed by atoms with Crippen LogP contribution in [0.2, 0.25) is 0 Å². The van der Waals surface area contributed by atoms with Crippen LogP contribution in [-0.2, 0) is 37.0 Å². The molecule has 1 aliphatic heterocycles. The summed E-state index contributed by atoms with van der Waals surface area (Å²) < 4.78 is 41.6. The van der Waals surface area contributed by atoms with Gasteiger partial charge in [0, 0.05) is 31.7 Å². The van der Waals surface area contributed by atoms with E-state index in [9.17, 15) is 18.0 Å². The summed E-state index contributed by atoms with van der Waals surface area (Å²) in [5.41, 5.74) is 3.01. The van der Waals surface area contributed by atoms with Crippen LogP contribution in [0.4, 0.5) is 13.2 Å². The summed E-state index contributed by atoms with van der Waals surface area (Å²) in [5.74, 6) is -0.934. The van der Waals surface area contributed by atoms with Gasteiger partial charge < -0.3 is 9.47 Å². The molecule has 26 heavy (non-hydrogen) atoms. The van der Waals surface area contributed by atoms with E-state index < -0.39 is 12.0 Å². The molecular weight excluding hydrogens is 349 g/mol. The molecule has 3 heterocycles. The smallest absolute Gasteiger partial charge is 0.333 e. The van der Waals surface area contributed by atoms with E-state index in [0.717, 1.165) is 28.1 Å². The molecule has 2 aromatic rings. The minimum absolute atomic E-state index is 0.0497. The van der Waals surface area contributed by atoms with Gasteiger partial charge in [-0.15, -0.1) is 10.2 Å². The Labute approximate surface area is 148 Å². The van der Waals surface area contributed by atoms with Crippen molar-refractivity contribution in [3.63, 3.8) is 0 Å². The normalized spacial score (nSPS) is 14.6. The van der Waals surface area contributed by atoms with E-state index in [1.165, 1.54) is 0 Å². The van der Waals surface area contributed by atoms with Crippen molar-refractivity contribution in [1.82, 2.24) is 29.4 Å². The zero-order valence-electron chi connectivity index (χ0n) is 15.0. The number of alkyl halides is 3. The number of aromatic nitrogens is 5. The lowest BCUT2D eigenvalue weighted by molar-refractivity contribution is -0.148. The Balaban J connectivity index is 1.66. The van der Waals surface area contributed by atoms with Gasteiger partial charge in [0.15, 0.2) is 5.82 Å². The Bertz CT molecular complexity index is 823. The maximum atomic E-state index is 12.9. The standard InChI is InChI=1S/C16H21F3N6O/c1-4-25-11(3)12(10(2)22-25)5-6-14(26)23-7-8-24-13(9-23)20-21-15(24)16(17,18)19/h4-9H2,1-3H3. The summed E-state index contributed by atoms with van der Waals surface area (Å²) in [6.07, 6.45) is -3.68. The SMILES string of the molecule is CCn1nc(C)c(CCC(=O)N2CCn3c(nnc3C(F)(F)F)C2)c1C. The molecule has 10 heteroatoms. The van der Waals surface area contributed by atoms with Crippen LogP contribution in [0.5, 0.6) is 0 Å². The highest BCUT2D eigenvalue weighted by Gasteiger charge is 2.39. The summed E-state index contributed by atoms with van der Waals surface area (Å²) in [5, 5.41) is 11.3. The van der Waals surface area contributed by atoms with E-state index in [2.05, 4.69) is 15.3 Å². The predicted octanol–water partition coefficient (Wildman–Crippen LogP) is 2.11. The van der Waals surface area contributed by atoms with E-state index in [0.29, 0.717) is 6.42 Å². The molecule has 1 aliphatic rings. The molecule has 2 aromatic heterocycles. The van der Waals surface area contributed by atoms with Gasteiger partial charge in [-0.1, -0.05) is 0 Å². The Hall–Kier alpha value is -2.39. The molecule has 0 saturated carbocycles. The maximum Gasteiger partial charge on any atom is 0.451 e. The van der Waals surface area contributed by atoms with E-state index in [-0.39, 0.29) is 37.8 Å². The summed E-state index contributed by atoms with van der Waals surface area (Å²) in [4.78, 5) is 14.0. The van der Waals surface area contributed by atoms with Crippen LogP contribution in [0.3, 0.4) is 0 Å². The summed E-state index contributed by atoms with van der Waals surface area (Å²) >= 11 is 0. The first-order valence-corrected chi connectivity index (χ1v) is 8.52.